The Morgan fingerprint density at radius 3 is 2.76 bits per heavy atom. The normalized spacial score (nSPS) is 15.1. The molecule has 0 aromatic heterocycles. The van der Waals surface area contributed by atoms with Crippen molar-refractivity contribution in [3.8, 4) is 5.75 Å². The number of thiocarbonyl (C=S) groups is 1. The molecule has 1 saturated heterocycles. The third kappa shape index (κ3) is 4.99. The lowest BCUT2D eigenvalue weighted by Crippen LogP contribution is -2.37. The van der Waals surface area contributed by atoms with E-state index in [2.05, 4.69) is 5.32 Å². The average molecular weight is 434 g/mol. The minimum absolute atomic E-state index is 0.00721. The number of ether oxygens (including phenoxy) is 1. The highest BCUT2D eigenvalue weighted by molar-refractivity contribution is 8.26. The van der Waals surface area contributed by atoms with Gasteiger partial charge in [0.05, 0.1) is 12.0 Å². The molecule has 2 aromatic rings. The molecule has 1 aliphatic rings. The molecule has 0 unspecified atom stereocenters. The van der Waals surface area contributed by atoms with Crippen LogP contribution < -0.4 is 10.1 Å². The Kier molecular flexibility index (Phi) is 6.60. The number of hydrogen-bond donors (Lipinski definition) is 1. The second-order valence-electron chi connectivity index (χ2n) is 5.99. The molecular formula is C20H16F2N2O3S2. The van der Waals surface area contributed by atoms with E-state index in [-0.39, 0.29) is 24.6 Å². The van der Waals surface area contributed by atoms with E-state index in [1.807, 2.05) is 12.1 Å². The van der Waals surface area contributed by atoms with Crippen LogP contribution in [-0.2, 0) is 4.79 Å². The maximum atomic E-state index is 13.2. The monoisotopic (exact) mass is 434 g/mol. The van der Waals surface area contributed by atoms with Crippen LogP contribution >= 0.6 is 24.0 Å². The Balaban J connectivity index is 1.60. The highest BCUT2D eigenvalue weighted by Crippen LogP contribution is 2.32. The van der Waals surface area contributed by atoms with E-state index in [1.165, 1.54) is 22.7 Å². The van der Waals surface area contributed by atoms with E-state index >= 15 is 0 Å². The zero-order chi connectivity index (χ0) is 21.0. The number of benzene rings is 2. The van der Waals surface area contributed by atoms with E-state index in [0.29, 0.717) is 15.0 Å². The predicted octanol–water partition coefficient (Wildman–Crippen LogP) is 3.60. The molecule has 0 spiro atoms. The maximum absolute atomic E-state index is 13.2. The van der Waals surface area contributed by atoms with Crippen molar-refractivity contribution in [1.29, 1.82) is 0 Å². The van der Waals surface area contributed by atoms with Crippen LogP contribution in [0.3, 0.4) is 0 Å². The van der Waals surface area contributed by atoms with E-state index in [4.69, 9.17) is 17.0 Å². The number of hydrogen-bond acceptors (Lipinski definition) is 5. The Labute approximate surface area is 175 Å². The van der Waals surface area contributed by atoms with Gasteiger partial charge in [-0.2, -0.15) is 0 Å². The lowest BCUT2D eigenvalue weighted by Gasteiger charge is -2.14. The third-order valence-corrected chi connectivity index (χ3v) is 5.45. The van der Waals surface area contributed by atoms with Gasteiger partial charge in [-0.05, 0) is 42.0 Å². The minimum atomic E-state index is -1.10. The molecule has 0 atom stereocenters. The van der Waals surface area contributed by atoms with Crippen LogP contribution in [0.25, 0.3) is 6.08 Å². The van der Waals surface area contributed by atoms with Gasteiger partial charge in [-0.25, -0.2) is 8.78 Å². The molecule has 0 aliphatic carbocycles. The summed E-state index contributed by atoms with van der Waals surface area (Å²) in [6, 6.07) is 10.2. The van der Waals surface area contributed by atoms with Crippen molar-refractivity contribution in [2.45, 2.75) is 0 Å². The van der Waals surface area contributed by atoms with Gasteiger partial charge >= 0.3 is 0 Å². The van der Waals surface area contributed by atoms with Crippen molar-refractivity contribution in [2.24, 2.45) is 0 Å². The van der Waals surface area contributed by atoms with Gasteiger partial charge in [-0.15, -0.1) is 0 Å². The molecule has 1 heterocycles. The molecule has 150 valence electrons. The van der Waals surface area contributed by atoms with Crippen LogP contribution in [0.4, 0.5) is 8.78 Å². The molecule has 3 rings (SSSR count). The van der Waals surface area contributed by atoms with Gasteiger partial charge in [0.1, 0.15) is 10.1 Å². The quantitative estimate of drug-likeness (QED) is 0.556. The molecule has 0 radical (unpaired) electrons. The van der Waals surface area contributed by atoms with Crippen molar-refractivity contribution >= 4 is 46.2 Å². The number of halogens is 2. The molecule has 2 aromatic carbocycles. The number of amides is 2. The zero-order valence-corrected chi connectivity index (χ0v) is 16.9. The minimum Gasteiger partial charge on any atom is -0.497 e. The summed E-state index contributed by atoms with van der Waals surface area (Å²) in [6.07, 6.45) is 1.72. The number of carbonyl (C=O) groups is 2. The lowest BCUT2D eigenvalue weighted by molar-refractivity contribution is -0.122. The largest absolute Gasteiger partial charge is 0.497 e. The predicted molar refractivity (Wildman–Crippen MR) is 112 cm³/mol. The first-order chi connectivity index (χ1) is 13.9. The number of nitrogens with one attached hydrogen (secondary N) is 1. The Morgan fingerprint density at radius 2 is 2.03 bits per heavy atom. The molecule has 1 fully saturated rings. The molecule has 5 nitrogen and oxygen atoms in total. The first-order valence-electron chi connectivity index (χ1n) is 8.51. The standard InChI is InChI=1S/C20H16F2N2O3S2/c1-27-14-4-2-3-12(9-14)10-17-19(26)24(20(28)29-17)8-7-23-18(25)13-5-6-15(21)16(22)11-13/h2-6,9-11H,7-8H2,1H3,(H,23,25)/b17-10+. The summed E-state index contributed by atoms with van der Waals surface area (Å²) in [4.78, 5) is 26.5. The van der Waals surface area contributed by atoms with Gasteiger partial charge in [0, 0.05) is 18.7 Å². The fraction of sp³-hybridized carbons (Fsp3) is 0.150. The number of methoxy groups -OCH3 is 1. The SMILES string of the molecule is COc1cccc(/C=C2/SC(=S)N(CCNC(=O)c3ccc(F)c(F)c3)C2=O)c1. The Morgan fingerprint density at radius 1 is 1.24 bits per heavy atom. The third-order valence-electron chi connectivity index (χ3n) is 4.07. The molecule has 1 aliphatic heterocycles. The number of rotatable bonds is 6. The molecule has 1 N–H and O–H groups in total. The summed E-state index contributed by atoms with van der Waals surface area (Å²) in [5.74, 6) is -2.28. The summed E-state index contributed by atoms with van der Waals surface area (Å²) < 4.78 is 31.8. The van der Waals surface area contributed by atoms with Crippen molar-refractivity contribution in [3.05, 3.63) is 70.1 Å². The molecule has 29 heavy (non-hydrogen) atoms. The number of nitrogens with zero attached hydrogens (tertiary/aromatic N) is 1. The van der Waals surface area contributed by atoms with Crippen LogP contribution in [0.15, 0.2) is 47.4 Å². The van der Waals surface area contributed by atoms with Gasteiger partial charge in [0.25, 0.3) is 11.8 Å². The highest BCUT2D eigenvalue weighted by Gasteiger charge is 2.31. The van der Waals surface area contributed by atoms with Crippen LogP contribution in [0.5, 0.6) is 5.75 Å². The van der Waals surface area contributed by atoms with Crippen molar-refractivity contribution < 1.29 is 23.1 Å². The molecule has 9 heteroatoms. The van der Waals surface area contributed by atoms with E-state index in [1.54, 1.807) is 25.3 Å². The van der Waals surface area contributed by atoms with Gasteiger partial charge < -0.3 is 10.1 Å². The van der Waals surface area contributed by atoms with E-state index in [0.717, 1.165) is 17.7 Å². The Bertz CT molecular complexity index is 1010. The first-order valence-corrected chi connectivity index (χ1v) is 9.74. The highest BCUT2D eigenvalue weighted by atomic mass is 32.2. The summed E-state index contributed by atoms with van der Waals surface area (Å²) in [5, 5.41) is 2.57. The van der Waals surface area contributed by atoms with E-state index in [9.17, 15) is 18.4 Å². The van der Waals surface area contributed by atoms with Crippen LogP contribution in [-0.4, -0.2) is 41.2 Å². The van der Waals surface area contributed by atoms with Gasteiger partial charge in [-0.3, -0.25) is 14.5 Å². The molecule has 0 saturated carbocycles. The second kappa shape index (κ2) is 9.15. The van der Waals surface area contributed by atoms with Gasteiger partial charge in [0.15, 0.2) is 11.6 Å². The first kappa shape index (κ1) is 20.9. The van der Waals surface area contributed by atoms with Gasteiger partial charge in [-0.1, -0.05) is 36.1 Å². The number of carbonyl (C=O) groups excluding carboxylic acids is 2. The van der Waals surface area contributed by atoms with Crippen molar-refractivity contribution in [1.82, 2.24) is 10.2 Å². The number of thioether (sulfide) groups is 1. The topological polar surface area (TPSA) is 58.6 Å². The summed E-state index contributed by atoms with van der Waals surface area (Å²) in [7, 11) is 1.56. The Hall–Kier alpha value is -2.78. The average Bonchev–Trinajstić information content (AvgIpc) is 2.97. The van der Waals surface area contributed by atoms with Crippen LogP contribution in [0.1, 0.15) is 15.9 Å². The van der Waals surface area contributed by atoms with E-state index < -0.39 is 17.5 Å². The molecule has 2 amide bonds. The van der Waals surface area contributed by atoms with Crippen LogP contribution in [0.2, 0.25) is 0 Å². The smallest absolute Gasteiger partial charge is 0.266 e. The summed E-state index contributed by atoms with van der Waals surface area (Å²) in [5.41, 5.74) is 0.795. The van der Waals surface area contributed by atoms with Gasteiger partial charge in [0.2, 0.25) is 0 Å². The fourth-order valence-corrected chi connectivity index (χ4v) is 3.90. The van der Waals surface area contributed by atoms with Crippen molar-refractivity contribution in [3.63, 3.8) is 0 Å². The fourth-order valence-electron chi connectivity index (χ4n) is 2.60. The zero-order valence-electron chi connectivity index (χ0n) is 15.3. The summed E-state index contributed by atoms with van der Waals surface area (Å²) >= 11 is 6.43. The summed E-state index contributed by atoms with van der Waals surface area (Å²) in [6.45, 7) is 0.270. The lowest BCUT2D eigenvalue weighted by atomic mass is 10.2. The maximum Gasteiger partial charge on any atom is 0.266 e. The molecular weight excluding hydrogens is 418 g/mol. The second-order valence-corrected chi connectivity index (χ2v) is 7.67. The van der Waals surface area contributed by atoms with Crippen molar-refractivity contribution in [2.75, 3.05) is 20.2 Å². The molecule has 0 bridgehead atoms. The van der Waals surface area contributed by atoms with Crippen LogP contribution in [0, 0.1) is 11.6 Å².